The van der Waals surface area contributed by atoms with Gasteiger partial charge in [0, 0.05) is 75.9 Å². The summed E-state index contributed by atoms with van der Waals surface area (Å²) in [7, 11) is 0. The van der Waals surface area contributed by atoms with Crippen LogP contribution in [0.4, 0.5) is 11.5 Å². The number of aliphatic hydroxyl groups excluding tert-OH is 1. The molecule has 344 valence electrons. The van der Waals surface area contributed by atoms with Crippen LogP contribution in [0, 0.1) is 12.8 Å². The second-order valence-corrected chi connectivity index (χ2v) is 19.3. The van der Waals surface area contributed by atoms with E-state index in [2.05, 4.69) is 52.6 Å². The molecule has 0 aliphatic carbocycles. The van der Waals surface area contributed by atoms with E-state index < -0.39 is 18.1 Å². The molecule has 9 rings (SSSR count). The van der Waals surface area contributed by atoms with Crippen molar-refractivity contribution in [1.29, 1.82) is 0 Å². The number of para-hydroxylation sites is 1. The van der Waals surface area contributed by atoms with E-state index in [-0.39, 0.29) is 42.5 Å². The average Bonchev–Trinajstić information content (AvgIpc) is 4.06. The molecule has 3 fully saturated rings. The number of amides is 2. The zero-order valence-corrected chi connectivity index (χ0v) is 38.6. The van der Waals surface area contributed by atoms with Crippen LogP contribution in [0.2, 0.25) is 0 Å². The van der Waals surface area contributed by atoms with Crippen LogP contribution in [0.3, 0.4) is 0 Å². The van der Waals surface area contributed by atoms with Crippen LogP contribution < -0.4 is 20.3 Å². The molecule has 3 saturated heterocycles. The number of phenols is 1. The number of nitrogens with one attached hydrogen (secondary N) is 2. The van der Waals surface area contributed by atoms with Gasteiger partial charge in [-0.15, -0.1) is 21.5 Å². The van der Waals surface area contributed by atoms with Gasteiger partial charge in [0.2, 0.25) is 11.8 Å². The summed E-state index contributed by atoms with van der Waals surface area (Å²) in [5.74, 6) is 0.206. The fourth-order valence-electron chi connectivity index (χ4n) is 10.2. The first-order valence-electron chi connectivity index (χ1n) is 22.9. The quantitative estimate of drug-likeness (QED) is 0.113. The Labute approximate surface area is 384 Å². The topological polar surface area (TPSA) is 186 Å². The number of aryl methyl sites for hydroxylation is 1. The van der Waals surface area contributed by atoms with Crippen molar-refractivity contribution >= 4 is 34.7 Å². The first-order valence-corrected chi connectivity index (χ1v) is 23.8. The van der Waals surface area contributed by atoms with Crippen LogP contribution in [0.1, 0.15) is 75.9 Å². The van der Waals surface area contributed by atoms with Crippen molar-refractivity contribution in [2.45, 2.75) is 96.1 Å². The van der Waals surface area contributed by atoms with Crippen LogP contribution in [-0.2, 0) is 9.59 Å². The van der Waals surface area contributed by atoms with Crippen LogP contribution in [0.15, 0.2) is 70.7 Å². The summed E-state index contributed by atoms with van der Waals surface area (Å²) in [6.07, 6.45) is 1.47. The molecule has 5 aromatic rings. The number of hydrogen-bond donors (Lipinski definition) is 4. The number of piperidine rings is 1. The van der Waals surface area contributed by atoms with Gasteiger partial charge in [0.05, 0.1) is 45.7 Å². The standard InChI is InChI=1S/C48H60N10O6S/c1-28(2)44(48(62)58-26-36(59)21-40(58)47(61)51-30(4)32-10-12-33(13-11-32)45-31(5)50-27-65-45)42-23-43(54-64-42)63-19-18-55-15-14-34(20-29(55)3)56-16-17-57-35(25-56)24-49-46-39(57)22-38(52-53-46)37-8-6-7-9-41(37)60/h6-13,22-23,27-30,34-36,40,44,59-60H,14-21,24-26H2,1-5H3,(H,49,53)(H,51,61)/t29-,30+,34-,35+,36-,40+,44-/m1/s1. The van der Waals surface area contributed by atoms with Crippen LogP contribution >= 0.6 is 11.3 Å². The summed E-state index contributed by atoms with van der Waals surface area (Å²) < 4.78 is 11.9. The van der Waals surface area contributed by atoms with Crippen molar-refractivity contribution in [3.63, 3.8) is 0 Å². The average molecular weight is 905 g/mol. The van der Waals surface area contributed by atoms with Crippen molar-refractivity contribution in [3.05, 3.63) is 83.2 Å². The third kappa shape index (κ3) is 9.42. The van der Waals surface area contributed by atoms with E-state index in [1.807, 2.05) is 75.7 Å². The zero-order valence-electron chi connectivity index (χ0n) is 37.8. The lowest BCUT2D eigenvalue weighted by molar-refractivity contribution is -0.141. The molecule has 0 radical (unpaired) electrons. The number of hydrogen-bond acceptors (Lipinski definition) is 15. The summed E-state index contributed by atoms with van der Waals surface area (Å²) in [5, 5.41) is 40.8. The number of β-amino-alcohol motifs (C(OH)–C–C–N with tert-alkyl or cyclic N) is 1. The minimum atomic E-state index is -0.822. The predicted octanol–water partition coefficient (Wildman–Crippen LogP) is 5.70. The zero-order chi connectivity index (χ0) is 45.4. The molecular weight excluding hydrogens is 845 g/mol. The predicted molar refractivity (Wildman–Crippen MR) is 249 cm³/mol. The number of anilines is 2. The molecule has 16 nitrogen and oxygen atoms in total. The van der Waals surface area contributed by atoms with E-state index in [1.165, 1.54) is 4.90 Å². The van der Waals surface area contributed by atoms with E-state index in [0.29, 0.717) is 47.6 Å². The molecule has 4 aliphatic rings. The van der Waals surface area contributed by atoms with Crippen LogP contribution in [0.25, 0.3) is 21.7 Å². The van der Waals surface area contributed by atoms with Gasteiger partial charge in [-0.1, -0.05) is 50.2 Å². The second kappa shape index (κ2) is 19.1. The number of benzene rings is 2. The highest BCUT2D eigenvalue weighted by molar-refractivity contribution is 7.13. The molecule has 0 bridgehead atoms. The van der Waals surface area contributed by atoms with Gasteiger partial charge in [0.25, 0.3) is 5.88 Å². The van der Waals surface area contributed by atoms with Crippen LogP contribution in [-0.4, -0.2) is 140 Å². The Balaban J connectivity index is 0.754. The number of carbonyl (C=O) groups excluding carboxylic acids is 2. The molecule has 0 saturated carbocycles. The molecule has 0 unspecified atom stereocenters. The first kappa shape index (κ1) is 44.6. The Kier molecular flexibility index (Phi) is 13.1. The van der Waals surface area contributed by atoms with E-state index in [9.17, 15) is 19.8 Å². The lowest BCUT2D eigenvalue weighted by atomic mass is 9.91. The molecule has 2 aromatic carbocycles. The number of likely N-dealkylation sites (tertiary alicyclic amines) is 2. The van der Waals surface area contributed by atoms with Gasteiger partial charge in [0.1, 0.15) is 24.3 Å². The molecule has 7 heterocycles. The number of piperazine rings is 1. The Hall–Kier alpha value is -5.62. The number of aliphatic hydroxyl groups is 1. The van der Waals surface area contributed by atoms with E-state index >= 15 is 0 Å². The largest absolute Gasteiger partial charge is 0.507 e. The number of nitrogens with zero attached hydrogens (tertiary/aromatic N) is 8. The van der Waals surface area contributed by atoms with Crippen molar-refractivity contribution < 1.29 is 29.1 Å². The molecule has 65 heavy (non-hydrogen) atoms. The van der Waals surface area contributed by atoms with Gasteiger partial charge in [0.15, 0.2) is 11.6 Å². The fraction of sp³-hybridized carbons (Fsp3) is 0.500. The molecule has 4 aliphatic heterocycles. The normalized spacial score (nSPS) is 23.4. The summed E-state index contributed by atoms with van der Waals surface area (Å²) in [4.78, 5) is 42.5. The number of carbonyl (C=O) groups is 2. The monoisotopic (exact) mass is 904 g/mol. The van der Waals surface area contributed by atoms with Crippen molar-refractivity contribution in [1.82, 2.24) is 40.4 Å². The Morgan fingerprint density at radius 2 is 1.83 bits per heavy atom. The minimum Gasteiger partial charge on any atom is -0.507 e. The molecular formula is C48H60N10O6S. The summed E-state index contributed by atoms with van der Waals surface area (Å²) >= 11 is 1.59. The van der Waals surface area contributed by atoms with Crippen molar-refractivity contribution in [2.24, 2.45) is 5.92 Å². The maximum absolute atomic E-state index is 14.3. The Bertz CT molecular complexity index is 2460. The minimum absolute atomic E-state index is 0.0602. The summed E-state index contributed by atoms with van der Waals surface area (Å²) in [6.45, 7) is 15.9. The van der Waals surface area contributed by atoms with Gasteiger partial charge in [-0.2, -0.15) is 0 Å². The van der Waals surface area contributed by atoms with Gasteiger partial charge in [-0.3, -0.25) is 19.4 Å². The van der Waals surface area contributed by atoms with E-state index in [0.717, 1.165) is 85.3 Å². The van der Waals surface area contributed by atoms with Gasteiger partial charge in [-0.05, 0) is 74.0 Å². The Morgan fingerprint density at radius 1 is 1.02 bits per heavy atom. The fourth-order valence-corrected chi connectivity index (χ4v) is 11.0. The van der Waals surface area contributed by atoms with Gasteiger partial charge in [-0.25, -0.2) is 4.98 Å². The second-order valence-electron chi connectivity index (χ2n) is 18.4. The maximum Gasteiger partial charge on any atom is 0.254 e. The number of phenolic OH excluding ortho intramolecular Hbond substituents is 1. The molecule has 4 N–H and O–H groups in total. The molecule has 3 aromatic heterocycles. The SMILES string of the molecule is Cc1ncsc1-c1ccc([C@H](C)NC(=O)[C@@H]2C[C@@H](O)CN2C(=O)[C@@H](c2cc(OCCN3CC[C@@H](N4CCN5c6cc(-c7ccccc7O)nnc6NC[C@H]5C4)C[C@H]3C)no2)C(C)C)cc1. The number of fused-ring (bicyclic) bond motifs is 3. The molecule has 17 heteroatoms. The lowest BCUT2D eigenvalue weighted by Crippen LogP contribution is -2.61. The highest BCUT2D eigenvalue weighted by Crippen LogP contribution is 2.38. The number of aromatic nitrogens is 4. The summed E-state index contributed by atoms with van der Waals surface area (Å²) in [5.41, 5.74) is 7.21. The lowest BCUT2D eigenvalue weighted by Gasteiger charge is -2.50. The Morgan fingerprint density at radius 3 is 2.58 bits per heavy atom. The maximum atomic E-state index is 14.3. The third-order valence-corrected chi connectivity index (χ3v) is 14.8. The smallest absolute Gasteiger partial charge is 0.254 e. The van der Waals surface area contributed by atoms with Gasteiger partial charge < -0.3 is 39.9 Å². The molecule has 7 atom stereocenters. The van der Waals surface area contributed by atoms with Crippen molar-refractivity contribution in [2.75, 3.05) is 62.6 Å². The summed E-state index contributed by atoms with van der Waals surface area (Å²) in [6, 6.07) is 19.1. The number of rotatable bonds is 13. The van der Waals surface area contributed by atoms with E-state index in [1.54, 1.807) is 29.5 Å². The number of ether oxygens (including phenoxy) is 1. The number of thiazole rings is 1. The van der Waals surface area contributed by atoms with Crippen LogP contribution in [0.5, 0.6) is 11.6 Å². The van der Waals surface area contributed by atoms with E-state index in [4.69, 9.17) is 9.26 Å². The third-order valence-electron chi connectivity index (χ3n) is 13.8. The first-order chi connectivity index (χ1) is 31.4. The molecule has 2 amide bonds. The number of aromatic hydroxyl groups is 1. The molecule has 0 spiro atoms. The van der Waals surface area contributed by atoms with Gasteiger partial charge >= 0.3 is 0 Å². The highest BCUT2D eigenvalue weighted by atomic mass is 32.1. The van der Waals surface area contributed by atoms with Crippen molar-refractivity contribution in [3.8, 4) is 33.3 Å². The highest BCUT2D eigenvalue weighted by Gasteiger charge is 2.44.